The van der Waals surface area contributed by atoms with Gasteiger partial charge in [-0.3, -0.25) is 19.7 Å². The molecule has 0 spiro atoms. The van der Waals surface area contributed by atoms with E-state index in [1.54, 1.807) is 4.90 Å². The van der Waals surface area contributed by atoms with Crippen LogP contribution in [0.3, 0.4) is 0 Å². The molecule has 0 aromatic heterocycles. The van der Waals surface area contributed by atoms with Crippen LogP contribution in [0.5, 0.6) is 0 Å². The van der Waals surface area contributed by atoms with Gasteiger partial charge in [0.2, 0.25) is 11.8 Å². The Morgan fingerprint density at radius 1 is 1.00 bits per heavy atom. The zero-order valence-corrected chi connectivity index (χ0v) is 20.6. The van der Waals surface area contributed by atoms with E-state index in [2.05, 4.69) is 20.9 Å². The highest BCUT2D eigenvalue weighted by molar-refractivity contribution is 6.06. The molecule has 3 aliphatic heterocycles. The van der Waals surface area contributed by atoms with Crippen molar-refractivity contribution in [1.82, 2.24) is 20.4 Å². The van der Waals surface area contributed by atoms with E-state index < -0.39 is 6.04 Å². The first kappa shape index (κ1) is 27.4. The third-order valence-corrected chi connectivity index (χ3v) is 6.51. The fourth-order valence-corrected chi connectivity index (χ4v) is 4.72. The van der Waals surface area contributed by atoms with E-state index in [1.165, 1.54) is 25.8 Å². The molecule has 3 aliphatic rings. The second-order valence-corrected chi connectivity index (χ2v) is 8.66. The monoisotopic (exact) mass is 499 g/mol. The average Bonchev–Trinajstić information content (AvgIpc) is 3.11. The predicted molar refractivity (Wildman–Crippen MR) is 133 cm³/mol. The van der Waals surface area contributed by atoms with Crippen LogP contribution in [0, 0.1) is 0 Å². The summed E-state index contributed by atoms with van der Waals surface area (Å²) in [6, 6.07) is 5.15. The van der Waals surface area contributed by atoms with Crippen LogP contribution in [0.15, 0.2) is 18.2 Å². The summed E-state index contributed by atoms with van der Waals surface area (Å²) in [6.07, 6.45) is 5.43. The Kier molecular flexibility index (Phi) is 10.9. The van der Waals surface area contributed by atoms with Crippen molar-refractivity contribution in [3.8, 4) is 0 Å². The maximum Gasteiger partial charge on any atom is 0.255 e. The Balaban J connectivity index is 0.00000193. The van der Waals surface area contributed by atoms with E-state index in [1.807, 2.05) is 18.2 Å². The van der Waals surface area contributed by atoms with E-state index in [9.17, 15) is 14.4 Å². The van der Waals surface area contributed by atoms with Crippen molar-refractivity contribution in [2.75, 3.05) is 44.6 Å². The minimum atomic E-state index is -0.568. The normalized spacial score (nSPS) is 20.5. The second-order valence-electron chi connectivity index (χ2n) is 8.66. The highest BCUT2D eigenvalue weighted by Gasteiger charge is 2.39. The molecule has 10 heteroatoms. The third-order valence-electron chi connectivity index (χ3n) is 6.51. The highest BCUT2D eigenvalue weighted by atomic mass is 35.5. The van der Waals surface area contributed by atoms with Crippen LogP contribution in [-0.2, 0) is 16.1 Å². The van der Waals surface area contributed by atoms with Gasteiger partial charge in [-0.15, -0.1) is 24.8 Å². The topological polar surface area (TPSA) is 93.8 Å². The number of unbranched alkanes of at least 4 members (excludes halogenated alkanes) is 3. The van der Waals surface area contributed by atoms with Crippen molar-refractivity contribution < 1.29 is 14.4 Å². The van der Waals surface area contributed by atoms with Crippen LogP contribution in [-0.4, -0.2) is 72.8 Å². The van der Waals surface area contributed by atoms with Gasteiger partial charge in [-0.1, -0.05) is 18.9 Å². The third kappa shape index (κ3) is 6.82. The lowest BCUT2D eigenvalue weighted by atomic mass is 10.0. The van der Waals surface area contributed by atoms with Crippen molar-refractivity contribution in [3.63, 3.8) is 0 Å². The Labute approximate surface area is 208 Å². The summed E-state index contributed by atoms with van der Waals surface area (Å²) >= 11 is 0. The van der Waals surface area contributed by atoms with Gasteiger partial charge in [-0.2, -0.15) is 0 Å². The molecule has 1 aromatic carbocycles. The van der Waals surface area contributed by atoms with E-state index in [0.29, 0.717) is 18.5 Å². The summed E-state index contributed by atoms with van der Waals surface area (Å²) in [5, 5.41) is 9.24. The smallest absolute Gasteiger partial charge is 0.255 e. The number of piperidine rings is 1. The van der Waals surface area contributed by atoms with Gasteiger partial charge >= 0.3 is 0 Å². The molecule has 3 N–H and O–H groups in total. The average molecular weight is 500 g/mol. The first-order valence-electron chi connectivity index (χ1n) is 11.6. The number of nitrogens with zero attached hydrogens (tertiary/aromatic N) is 2. The van der Waals surface area contributed by atoms with Crippen molar-refractivity contribution in [1.29, 1.82) is 0 Å². The largest absolute Gasteiger partial charge is 0.385 e. The molecule has 0 aliphatic carbocycles. The Hall–Kier alpha value is -1.87. The molecule has 1 aromatic rings. The predicted octanol–water partition coefficient (Wildman–Crippen LogP) is 2.17. The molecule has 8 nitrogen and oxygen atoms in total. The molecule has 4 rings (SSSR count). The number of piperazine rings is 1. The maximum atomic E-state index is 12.9. The summed E-state index contributed by atoms with van der Waals surface area (Å²) in [4.78, 5) is 40.7. The van der Waals surface area contributed by atoms with Gasteiger partial charge in [0.15, 0.2) is 0 Å². The molecule has 1 atom stereocenters. The van der Waals surface area contributed by atoms with Gasteiger partial charge in [-0.25, -0.2) is 0 Å². The summed E-state index contributed by atoms with van der Waals surface area (Å²) < 4.78 is 0. The zero-order valence-electron chi connectivity index (χ0n) is 18.9. The van der Waals surface area contributed by atoms with Crippen LogP contribution in [0.4, 0.5) is 5.69 Å². The number of amides is 3. The van der Waals surface area contributed by atoms with Crippen molar-refractivity contribution >= 4 is 48.2 Å². The van der Waals surface area contributed by atoms with Crippen molar-refractivity contribution in [3.05, 3.63) is 29.3 Å². The van der Waals surface area contributed by atoms with E-state index in [0.717, 1.165) is 50.4 Å². The fourth-order valence-electron chi connectivity index (χ4n) is 4.72. The molecular formula is C23H35Cl2N5O3. The molecule has 33 heavy (non-hydrogen) atoms. The second kappa shape index (κ2) is 13.1. The maximum absolute atomic E-state index is 12.9. The summed E-state index contributed by atoms with van der Waals surface area (Å²) in [5.41, 5.74) is 2.59. The number of carbonyl (C=O) groups is 3. The quantitative estimate of drug-likeness (QED) is 0.356. The van der Waals surface area contributed by atoms with Gasteiger partial charge in [0.1, 0.15) is 6.04 Å². The summed E-state index contributed by atoms with van der Waals surface area (Å²) in [6.45, 7) is 7.01. The summed E-state index contributed by atoms with van der Waals surface area (Å²) in [7, 11) is 0. The number of nitrogens with one attached hydrogen (secondary N) is 3. The van der Waals surface area contributed by atoms with Crippen molar-refractivity contribution in [2.45, 2.75) is 51.1 Å². The van der Waals surface area contributed by atoms with E-state index in [4.69, 9.17) is 0 Å². The number of anilines is 1. The van der Waals surface area contributed by atoms with Gasteiger partial charge in [0.05, 0.1) is 0 Å². The molecule has 0 bridgehead atoms. The minimum Gasteiger partial charge on any atom is -0.385 e. The molecule has 0 radical (unpaired) electrons. The molecule has 2 saturated heterocycles. The molecule has 3 amide bonds. The van der Waals surface area contributed by atoms with Gasteiger partial charge < -0.3 is 20.4 Å². The Bertz CT molecular complexity index is 832. The zero-order chi connectivity index (χ0) is 21.6. The lowest BCUT2D eigenvalue weighted by Gasteiger charge is -2.29. The molecule has 2 fully saturated rings. The lowest BCUT2D eigenvalue weighted by molar-refractivity contribution is -0.136. The van der Waals surface area contributed by atoms with Crippen LogP contribution < -0.4 is 16.0 Å². The number of hydrogen-bond acceptors (Lipinski definition) is 6. The highest BCUT2D eigenvalue weighted by Crippen LogP contribution is 2.32. The summed E-state index contributed by atoms with van der Waals surface area (Å²) in [5.74, 6) is -0.755. The van der Waals surface area contributed by atoms with Crippen LogP contribution in [0.1, 0.15) is 54.4 Å². The van der Waals surface area contributed by atoms with Crippen LogP contribution in [0.25, 0.3) is 0 Å². The molecule has 0 saturated carbocycles. The fraction of sp³-hybridized carbons (Fsp3) is 0.609. The first-order valence-corrected chi connectivity index (χ1v) is 11.6. The number of benzene rings is 1. The number of fused-ring (bicyclic) bond motifs is 1. The van der Waals surface area contributed by atoms with Gasteiger partial charge in [0.25, 0.3) is 5.91 Å². The van der Waals surface area contributed by atoms with Crippen LogP contribution in [0.2, 0.25) is 0 Å². The standard InChI is InChI=1S/C23H33N5O3.2ClH/c29-21-9-8-20(22(30)26-21)28-16-18-17(23(28)31)6-5-7-19(18)25-10-3-1-2-4-13-27-14-11-24-12-15-27;;/h5-7,20,24-25H,1-4,8-16H2,(H,26,29,30);2*1H. The van der Waals surface area contributed by atoms with Gasteiger partial charge in [0, 0.05) is 62.5 Å². The number of hydrogen-bond donors (Lipinski definition) is 3. The Morgan fingerprint density at radius 2 is 1.76 bits per heavy atom. The SMILES string of the molecule is Cl.Cl.O=C1CCC(N2Cc3c(NCCCCCCN4CCNCC4)cccc3C2=O)C(=O)N1. The van der Waals surface area contributed by atoms with E-state index in [-0.39, 0.29) is 49.0 Å². The molecule has 184 valence electrons. The number of halogens is 2. The number of rotatable bonds is 9. The lowest BCUT2D eigenvalue weighted by Crippen LogP contribution is -2.52. The minimum absolute atomic E-state index is 0. The molecule has 1 unspecified atom stereocenters. The van der Waals surface area contributed by atoms with Crippen molar-refractivity contribution in [2.24, 2.45) is 0 Å². The number of imide groups is 1. The first-order chi connectivity index (χ1) is 15.1. The Morgan fingerprint density at radius 3 is 2.52 bits per heavy atom. The number of carbonyl (C=O) groups excluding carboxylic acids is 3. The van der Waals surface area contributed by atoms with Gasteiger partial charge in [-0.05, 0) is 37.9 Å². The molecule has 3 heterocycles. The van der Waals surface area contributed by atoms with E-state index >= 15 is 0 Å². The van der Waals surface area contributed by atoms with Crippen LogP contribution >= 0.6 is 24.8 Å². The molecular weight excluding hydrogens is 465 g/mol.